The standard InChI is InChI=1S/C8H9NO2.H3O4P/c1-6(10)9-7-2-4-8(11)5-3-7;1-5(2,3)4/h2-5,11H,1H3,(H,9,10);(H3,1,2,3,4). The number of phenolic OH excluding ortho intramolecular Hbond substituents is 1. The number of hydrogen-bond acceptors (Lipinski definition) is 3. The summed E-state index contributed by atoms with van der Waals surface area (Å²) >= 11 is 0. The molecule has 1 aromatic carbocycles. The molecule has 0 atom stereocenters. The van der Waals surface area contributed by atoms with Gasteiger partial charge in [-0.25, -0.2) is 4.57 Å². The van der Waals surface area contributed by atoms with E-state index in [2.05, 4.69) is 5.32 Å². The molecule has 0 saturated carbocycles. The minimum atomic E-state index is -4.64. The highest BCUT2D eigenvalue weighted by molar-refractivity contribution is 7.45. The highest BCUT2D eigenvalue weighted by Gasteiger charge is 2.00. The van der Waals surface area contributed by atoms with Gasteiger partial charge in [-0.3, -0.25) is 4.79 Å². The zero-order valence-corrected chi connectivity index (χ0v) is 9.26. The molecule has 7 nitrogen and oxygen atoms in total. The number of anilines is 1. The highest BCUT2D eigenvalue weighted by Crippen LogP contribution is 2.25. The lowest BCUT2D eigenvalue weighted by Gasteiger charge is -1.99. The fourth-order valence-electron chi connectivity index (χ4n) is 0.748. The largest absolute Gasteiger partial charge is 0.508 e. The second kappa shape index (κ2) is 6.24. The smallest absolute Gasteiger partial charge is 0.466 e. The van der Waals surface area contributed by atoms with Crippen LogP contribution in [0.15, 0.2) is 24.3 Å². The van der Waals surface area contributed by atoms with E-state index in [0.29, 0.717) is 5.69 Å². The lowest BCUT2D eigenvalue weighted by atomic mass is 10.3. The van der Waals surface area contributed by atoms with E-state index >= 15 is 0 Å². The van der Waals surface area contributed by atoms with E-state index in [1.807, 2.05) is 0 Å². The van der Waals surface area contributed by atoms with Crippen molar-refractivity contribution in [3.05, 3.63) is 24.3 Å². The van der Waals surface area contributed by atoms with Crippen LogP contribution in [0.3, 0.4) is 0 Å². The summed E-state index contributed by atoms with van der Waals surface area (Å²) in [6.45, 7) is 1.44. The van der Waals surface area contributed by atoms with E-state index in [1.54, 1.807) is 12.1 Å². The van der Waals surface area contributed by atoms with Gasteiger partial charge in [-0.2, -0.15) is 0 Å². The van der Waals surface area contributed by atoms with Crippen molar-refractivity contribution in [2.45, 2.75) is 6.92 Å². The molecular weight excluding hydrogens is 237 g/mol. The zero-order chi connectivity index (χ0) is 12.8. The summed E-state index contributed by atoms with van der Waals surface area (Å²) in [7, 11) is -4.64. The lowest BCUT2D eigenvalue weighted by molar-refractivity contribution is -0.114. The summed E-state index contributed by atoms with van der Waals surface area (Å²) in [5.74, 6) is 0.0785. The number of amides is 1. The number of carbonyl (C=O) groups excluding carboxylic acids is 1. The van der Waals surface area contributed by atoms with E-state index in [4.69, 9.17) is 24.4 Å². The molecule has 5 N–H and O–H groups in total. The normalized spacial score (nSPS) is 10.0. The topological polar surface area (TPSA) is 127 Å². The van der Waals surface area contributed by atoms with E-state index < -0.39 is 7.82 Å². The summed E-state index contributed by atoms with van der Waals surface area (Å²) in [6, 6.07) is 6.31. The van der Waals surface area contributed by atoms with Gasteiger partial charge in [0.2, 0.25) is 5.91 Å². The minimum Gasteiger partial charge on any atom is -0.508 e. The summed E-state index contributed by atoms with van der Waals surface area (Å²) in [4.78, 5) is 32.1. The van der Waals surface area contributed by atoms with Crippen LogP contribution in [0.4, 0.5) is 5.69 Å². The molecule has 1 amide bonds. The zero-order valence-electron chi connectivity index (χ0n) is 8.36. The van der Waals surface area contributed by atoms with Crippen LogP contribution in [0.5, 0.6) is 5.75 Å². The lowest BCUT2D eigenvalue weighted by Crippen LogP contribution is -2.04. The third-order valence-electron chi connectivity index (χ3n) is 1.19. The molecule has 1 aromatic rings. The fourth-order valence-corrected chi connectivity index (χ4v) is 0.748. The summed E-state index contributed by atoms with van der Waals surface area (Å²) in [5, 5.41) is 11.5. The van der Waals surface area contributed by atoms with Gasteiger partial charge in [0.05, 0.1) is 0 Å². The van der Waals surface area contributed by atoms with Gasteiger partial charge in [0.1, 0.15) is 5.75 Å². The maximum absolute atomic E-state index is 10.5. The van der Waals surface area contributed by atoms with Crippen molar-refractivity contribution in [1.29, 1.82) is 0 Å². The molecule has 0 radical (unpaired) electrons. The molecule has 16 heavy (non-hydrogen) atoms. The summed E-state index contributed by atoms with van der Waals surface area (Å²) in [6.07, 6.45) is 0. The molecule has 0 spiro atoms. The first-order valence-corrected chi connectivity index (χ1v) is 5.60. The number of carbonyl (C=O) groups is 1. The van der Waals surface area contributed by atoms with E-state index in [1.165, 1.54) is 19.1 Å². The van der Waals surface area contributed by atoms with Crippen LogP contribution in [0.25, 0.3) is 0 Å². The van der Waals surface area contributed by atoms with Crippen LogP contribution in [-0.4, -0.2) is 25.7 Å². The average Bonchev–Trinajstić information content (AvgIpc) is 2.05. The molecule has 90 valence electrons. The van der Waals surface area contributed by atoms with Crippen LogP contribution in [0.1, 0.15) is 6.92 Å². The molecule has 8 heteroatoms. The van der Waals surface area contributed by atoms with Gasteiger partial charge in [0.25, 0.3) is 0 Å². The summed E-state index contributed by atoms with van der Waals surface area (Å²) < 4.78 is 8.88. The molecule has 0 aliphatic heterocycles. The molecule has 0 aliphatic rings. The van der Waals surface area contributed by atoms with Gasteiger partial charge < -0.3 is 25.1 Å². The molecule has 0 unspecified atom stereocenters. The number of hydrogen-bond donors (Lipinski definition) is 5. The number of phenols is 1. The van der Waals surface area contributed by atoms with Crippen molar-refractivity contribution >= 4 is 19.4 Å². The Hall–Kier alpha value is -1.40. The molecule has 0 fully saturated rings. The first-order chi connectivity index (χ1) is 7.18. The van der Waals surface area contributed by atoms with Crippen molar-refractivity contribution in [1.82, 2.24) is 0 Å². The molecule has 0 saturated heterocycles. The fraction of sp³-hybridized carbons (Fsp3) is 0.125. The third-order valence-corrected chi connectivity index (χ3v) is 1.19. The van der Waals surface area contributed by atoms with Crippen LogP contribution in [-0.2, 0) is 9.36 Å². The van der Waals surface area contributed by atoms with E-state index in [0.717, 1.165) is 0 Å². The van der Waals surface area contributed by atoms with E-state index in [-0.39, 0.29) is 11.7 Å². The van der Waals surface area contributed by atoms with Crippen LogP contribution >= 0.6 is 7.82 Å². The Kier molecular flexibility index (Phi) is 5.69. The van der Waals surface area contributed by atoms with Crippen LogP contribution in [0.2, 0.25) is 0 Å². The molecule has 1 rings (SSSR count). The van der Waals surface area contributed by atoms with Crippen molar-refractivity contribution in [2.24, 2.45) is 0 Å². The molecule has 0 aromatic heterocycles. The number of phosphoric acid groups is 1. The van der Waals surface area contributed by atoms with Gasteiger partial charge in [0, 0.05) is 12.6 Å². The van der Waals surface area contributed by atoms with Gasteiger partial charge in [-0.05, 0) is 24.3 Å². The minimum absolute atomic E-state index is 0.115. The first kappa shape index (κ1) is 14.6. The second-order valence-corrected chi connectivity index (χ2v) is 3.77. The predicted octanol–water partition coefficient (Wildman–Crippen LogP) is 0.422. The highest BCUT2D eigenvalue weighted by atomic mass is 31.2. The average molecular weight is 249 g/mol. The van der Waals surface area contributed by atoms with E-state index in [9.17, 15) is 4.79 Å². The van der Waals surface area contributed by atoms with Crippen molar-refractivity contribution in [3.63, 3.8) is 0 Å². The van der Waals surface area contributed by atoms with Gasteiger partial charge in [0.15, 0.2) is 0 Å². The SMILES string of the molecule is CC(=O)Nc1ccc(O)cc1.O=P(O)(O)O. The van der Waals surface area contributed by atoms with Gasteiger partial charge in [-0.1, -0.05) is 0 Å². The number of benzene rings is 1. The number of rotatable bonds is 1. The van der Waals surface area contributed by atoms with Crippen molar-refractivity contribution < 1.29 is 29.1 Å². The second-order valence-electron chi connectivity index (χ2n) is 2.74. The molecular formula is C8H12NO6P. The molecule has 0 heterocycles. The number of aromatic hydroxyl groups is 1. The Morgan fingerprint density at radius 2 is 1.56 bits per heavy atom. The number of nitrogens with one attached hydrogen (secondary N) is 1. The van der Waals surface area contributed by atoms with Gasteiger partial charge in [-0.15, -0.1) is 0 Å². The van der Waals surface area contributed by atoms with Crippen LogP contribution < -0.4 is 5.32 Å². The van der Waals surface area contributed by atoms with Gasteiger partial charge >= 0.3 is 7.82 Å². The maximum Gasteiger partial charge on any atom is 0.466 e. The maximum atomic E-state index is 10.5. The Bertz CT molecular complexity index is 376. The predicted molar refractivity (Wildman–Crippen MR) is 56.7 cm³/mol. The molecule has 0 aliphatic carbocycles. The Morgan fingerprint density at radius 3 is 1.88 bits per heavy atom. The van der Waals surface area contributed by atoms with Crippen molar-refractivity contribution in [2.75, 3.05) is 5.32 Å². The monoisotopic (exact) mass is 249 g/mol. The third kappa shape index (κ3) is 10.7. The summed E-state index contributed by atoms with van der Waals surface area (Å²) in [5.41, 5.74) is 0.690. The quantitative estimate of drug-likeness (QED) is 0.362. The first-order valence-electron chi connectivity index (χ1n) is 4.03. The van der Waals surface area contributed by atoms with Crippen molar-refractivity contribution in [3.8, 4) is 5.75 Å². The Labute approximate surface area is 91.6 Å². The Morgan fingerprint density at radius 1 is 1.19 bits per heavy atom. The van der Waals surface area contributed by atoms with Crippen LogP contribution in [0, 0.1) is 0 Å². The Balaban J connectivity index is 0.000000385. The molecule has 0 bridgehead atoms.